The molecule has 0 unspecified atom stereocenters. The van der Waals surface area contributed by atoms with E-state index in [1.54, 1.807) is 17.7 Å². The minimum atomic E-state index is 0.858. The molecule has 0 saturated heterocycles. The molecule has 0 bridgehead atoms. The first-order valence-corrected chi connectivity index (χ1v) is 8.31. The van der Waals surface area contributed by atoms with Crippen molar-refractivity contribution in [3.8, 4) is 0 Å². The van der Waals surface area contributed by atoms with Gasteiger partial charge in [0.15, 0.2) is 17.0 Å². The second-order valence-corrected chi connectivity index (χ2v) is 6.12. The molecule has 1 N–H and O–H groups in total. The van der Waals surface area contributed by atoms with Crippen LogP contribution in [0.4, 0.5) is 5.82 Å². The third-order valence-electron chi connectivity index (χ3n) is 3.93. The summed E-state index contributed by atoms with van der Waals surface area (Å²) in [5, 5.41) is 7.71. The smallest absolute Gasteiger partial charge is 0.165 e. The summed E-state index contributed by atoms with van der Waals surface area (Å²) in [5.74, 6) is 2.01. The molecule has 0 atom stereocenters. The molecule has 3 aromatic rings. The molecule has 0 amide bonds. The number of thiophene rings is 1. The van der Waals surface area contributed by atoms with Crippen LogP contribution in [0, 0.1) is 0 Å². The summed E-state index contributed by atoms with van der Waals surface area (Å²) in [5.41, 5.74) is 3.25. The minimum absolute atomic E-state index is 0.858. The predicted molar refractivity (Wildman–Crippen MR) is 84.8 cm³/mol. The lowest BCUT2D eigenvalue weighted by Crippen LogP contribution is -2.10. The fourth-order valence-corrected chi connectivity index (χ4v) is 3.55. The van der Waals surface area contributed by atoms with E-state index in [4.69, 9.17) is 4.98 Å². The van der Waals surface area contributed by atoms with Crippen LogP contribution < -0.4 is 5.32 Å². The Morgan fingerprint density at radius 2 is 2.29 bits per heavy atom. The van der Waals surface area contributed by atoms with Crippen LogP contribution in [-0.2, 0) is 19.4 Å². The summed E-state index contributed by atoms with van der Waals surface area (Å²) in [6.45, 7) is 1.89. The highest BCUT2D eigenvalue weighted by Crippen LogP contribution is 2.24. The lowest BCUT2D eigenvalue weighted by Gasteiger charge is -2.12. The standard InChI is InChI=1S/C15H17N5S/c1-2-7-20-12(3-1)19-13-14(17-10-18-15(13)20)16-6-4-11-5-8-21-9-11/h5,8-10H,1-4,6-7H2,(H,16,17,18). The Bertz CT molecular complexity index is 747. The van der Waals surface area contributed by atoms with Crippen LogP contribution in [0.1, 0.15) is 24.2 Å². The van der Waals surface area contributed by atoms with E-state index in [2.05, 4.69) is 36.7 Å². The van der Waals surface area contributed by atoms with Gasteiger partial charge in [0.25, 0.3) is 0 Å². The van der Waals surface area contributed by atoms with Crippen LogP contribution in [0.2, 0.25) is 0 Å². The average Bonchev–Trinajstić information content (AvgIpc) is 3.15. The van der Waals surface area contributed by atoms with Gasteiger partial charge in [-0.15, -0.1) is 0 Å². The molecule has 0 aliphatic carbocycles. The molecule has 3 aromatic heterocycles. The van der Waals surface area contributed by atoms with Gasteiger partial charge in [-0.25, -0.2) is 15.0 Å². The van der Waals surface area contributed by atoms with E-state index in [-0.39, 0.29) is 0 Å². The molecule has 0 spiro atoms. The average molecular weight is 299 g/mol. The Labute approximate surface area is 127 Å². The van der Waals surface area contributed by atoms with Gasteiger partial charge in [0.1, 0.15) is 12.2 Å². The van der Waals surface area contributed by atoms with Gasteiger partial charge in [0, 0.05) is 19.5 Å². The van der Waals surface area contributed by atoms with Crippen LogP contribution in [0.3, 0.4) is 0 Å². The maximum absolute atomic E-state index is 4.75. The number of aryl methyl sites for hydroxylation is 2. The number of fused-ring (bicyclic) bond motifs is 3. The number of hydrogen-bond acceptors (Lipinski definition) is 5. The maximum atomic E-state index is 4.75. The van der Waals surface area contributed by atoms with Crippen molar-refractivity contribution in [2.45, 2.75) is 32.2 Å². The molecule has 1 aliphatic rings. The Morgan fingerprint density at radius 3 is 3.19 bits per heavy atom. The molecule has 4 rings (SSSR count). The number of nitrogens with one attached hydrogen (secondary N) is 1. The first kappa shape index (κ1) is 12.8. The number of aromatic nitrogens is 4. The van der Waals surface area contributed by atoms with Crippen LogP contribution in [0.25, 0.3) is 11.2 Å². The summed E-state index contributed by atoms with van der Waals surface area (Å²) in [6.07, 6.45) is 6.12. The fraction of sp³-hybridized carbons (Fsp3) is 0.400. The quantitative estimate of drug-likeness (QED) is 0.805. The van der Waals surface area contributed by atoms with Crippen molar-refractivity contribution in [1.29, 1.82) is 0 Å². The van der Waals surface area contributed by atoms with E-state index in [1.807, 2.05) is 0 Å². The molecule has 1 aliphatic heterocycles. The molecule has 0 radical (unpaired) electrons. The van der Waals surface area contributed by atoms with Gasteiger partial charge < -0.3 is 9.88 Å². The van der Waals surface area contributed by atoms with E-state index in [0.717, 1.165) is 48.7 Å². The Morgan fingerprint density at radius 1 is 1.29 bits per heavy atom. The topological polar surface area (TPSA) is 55.6 Å². The molecule has 21 heavy (non-hydrogen) atoms. The highest BCUT2D eigenvalue weighted by atomic mass is 32.1. The van der Waals surface area contributed by atoms with Crippen molar-refractivity contribution in [1.82, 2.24) is 19.5 Å². The molecule has 4 heterocycles. The fourth-order valence-electron chi connectivity index (χ4n) is 2.85. The molecule has 108 valence electrons. The molecular formula is C15H17N5S. The normalized spacial score (nSPS) is 14.3. The molecule has 5 nitrogen and oxygen atoms in total. The Hall–Kier alpha value is -1.95. The summed E-state index contributed by atoms with van der Waals surface area (Å²) in [4.78, 5) is 13.5. The van der Waals surface area contributed by atoms with Crippen molar-refractivity contribution in [2.75, 3.05) is 11.9 Å². The SMILES string of the molecule is c1nc(NCCc2ccsc2)c2nc3n(c2n1)CCCC3. The summed E-state index contributed by atoms with van der Waals surface area (Å²) >= 11 is 1.74. The first-order chi connectivity index (χ1) is 10.4. The third-order valence-corrected chi connectivity index (χ3v) is 4.66. The molecule has 0 fully saturated rings. The zero-order valence-corrected chi connectivity index (χ0v) is 12.6. The largest absolute Gasteiger partial charge is 0.368 e. The number of nitrogens with zero attached hydrogens (tertiary/aromatic N) is 4. The highest BCUT2D eigenvalue weighted by Gasteiger charge is 2.17. The van der Waals surface area contributed by atoms with Crippen molar-refractivity contribution in [2.24, 2.45) is 0 Å². The van der Waals surface area contributed by atoms with E-state index in [0.29, 0.717) is 0 Å². The lowest BCUT2D eigenvalue weighted by molar-refractivity contribution is 0.530. The van der Waals surface area contributed by atoms with Gasteiger partial charge in [0.05, 0.1) is 0 Å². The zero-order chi connectivity index (χ0) is 14.1. The monoisotopic (exact) mass is 299 g/mol. The van der Waals surface area contributed by atoms with Crippen LogP contribution in [0.5, 0.6) is 0 Å². The van der Waals surface area contributed by atoms with E-state index < -0.39 is 0 Å². The molecule has 0 saturated carbocycles. The number of rotatable bonds is 4. The Balaban J connectivity index is 1.58. The van der Waals surface area contributed by atoms with Crippen LogP contribution in [-0.4, -0.2) is 26.1 Å². The third kappa shape index (κ3) is 2.40. The second kappa shape index (κ2) is 5.44. The van der Waals surface area contributed by atoms with E-state index >= 15 is 0 Å². The summed E-state index contributed by atoms with van der Waals surface area (Å²) in [7, 11) is 0. The van der Waals surface area contributed by atoms with Crippen molar-refractivity contribution in [3.05, 3.63) is 34.5 Å². The van der Waals surface area contributed by atoms with Crippen LogP contribution >= 0.6 is 11.3 Å². The Kier molecular flexibility index (Phi) is 3.31. The van der Waals surface area contributed by atoms with Crippen molar-refractivity contribution in [3.63, 3.8) is 0 Å². The van der Waals surface area contributed by atoms with E-state index in [1.165, 1.54) is 18.4 Å². The second-order valence-electron chi connectivity index (χ2n) is 5.34. The first-order valence-electron chi connectivity index (χ1n) is 7.37. The molecular weight excluding hydrogens is 282 g/mol. The van der Waals surface area contributed by atoms with Crippen LogP contribution in [0.15, 0.2) is 23.2 Å². The zero-order valence-electron chi connectivity index (χ0n) is 11.7. The molecule has 0 aromatic carbocycles. The number of anilines is 1. The van der Waals surface area contributed by atoms with Gasteiger partial charge >= 0.3 is 0 Å². The van der Waals surface area contributed by atoms with Gasteiger partial charge in [0.2, 0.25) is 0 Å². The minimum Gasteiger partial charge on any atom is -0.368 e. The van der Waals surface area contributed by atoms with Gasteiger partial charge in [-0.05, 0) is 41.7 Å². The number of imidazole rings is 1. The lowest BCUT2D eigenvalue weighted by atomic mass is 10.2. The maximum Gasteiger partial charge on any atom is 0.165 e. The molecule has 6 heteroatoms. The summed E-state index contributed by atoms with van der Waals surface area (Å²) < 4.78 is 2.24. The highest BCUT2D eigenvalue weighted by molar-refractivity contribution is 7.07. The van der Waals surface area contributed by atoms with Gasteiger partial charge in [-0.1, -0.05) is 0 Å². The predicted octanol–water partition coefficient (Wildman–Crippen LogP) is 2.88. The van der Waals surface area contributed by atoms with Crippen molar-refractivity contribution >= 4 is 28.3 Å². The summed E-state index contributed by atoms with van der Waals surface area (Å²) in [6, 6.07) is 2.16. The van der Waals surface area contributed by atoms with Crippen molar-refractivity contribution < 1.29 is 0 Å². The van der Waals surface area contributed by atoms with Gasteiger partial charge in [-0.3, -0.25) is 0 Å². The van der Waals surface area contributed by atoms with E-state index in [9.17, 15) is 0 Å². The number of hydrogen-bond donors (Lipinski definition) is 1. The van der Waals surface area contributed by atoms with Gasteiger partial charge in [-0.2, -0.15) is 11.3 Å².